The summed E-state index contributed by atoms with van der Waals surface area (Å²) in [6, 6.07) is 0. The number of hydrogen-bond acceptors (Lipinski definition) is 1. The second-order valence-electron chi connectivity index (χ2n) is 4.18. The van der Waals surface area contributed by atoms with Crippen molar-refractivity contribution in [3.05, 3.63) is 0 Å². The minimum absolute atomic E-state index is 0.333. The maximum atomic E-state index is 11.8. The molecule has 0 aromatic rings. The first kappa shape index (κ1) is 16.0. The van der Waals surface area contributed by atoms with Crippen LogP contribution in [0.15, 0.2) is 0 Å². The molecule has 16 heavy (non-hydrogen) atoms. The van der Waals surface area contributed by atoms with E-state index >= 15 is 0 Å². The number of halogens is 1. The summed E-state index contributed by atoms with van der Waals surface area (Å²) in [5.41, 5.74) is 0. The highest BCUT2D eigenvalue weighted by Crippen LogP contribution is 2.07. The summed E-state index contributed by atoms with van der Waals surface area (Å²) >= 11 is 3.40. The second-order valence-corrected chi connectivity index (χ2v) is 4.97. The number of nitrogens with zero attached hydrogens (tertiary/aromatic N) is 1. The fourth-order valence-corrected chi connectivity index (χ4v) is 2.00. The van der Waals surface area contributed by atoms with Gasteiger partial charge in [0.25, 0.3) is 0 Å². The number of carbonyl (C=O) groups is 1. The average molecular weight is 292 g/mol. The van der Waals surface area contributed by atoms with Crippen molar-refractivity contribution < 1.29 is 4.79 Å². The van der Waals surface area contributed by atoms with Gasteiger partial charge in [0, 0.05) is 24.8 Å². The van der Waals surface area contributed by atoms with Crippen molar-refractivity contribution in [1.29, 1.82) is 0 Å². The SMILES string of the molecule is CCCCCCCC(=O)N(CC)CCCBr. The van der Waals surface area contributed by atoms with Gasteiger partial charge in [0.1, 0.15) is 0 Å². The number of unbranched alkanes of at least 4 members (excludes halogenated alkanes) is 4. The van der Waals surface area contributed by atoms with Crippen LogP contribution in [0.5, 0.6) is 0 Å². The van der Waals surface area contributed by atoms with Crippen LogP contribution in [0.25, 0.3) is 0 Å². The van der Waals surface area contributed by atoms with Gasteiger partial charge in [0.15, 0.2) is 0 Å². The van der Waals surface area contributed by atoms with E-state index in [-0.39, 0.29) is 0 Å². The Hall–Kier alpha value is -0.0500. The normalized spacial score (nSPS) is 10.4. The predicted octanol–water partition coefficient (Wildman–Crippen LogP) is 3.98. The highest BCUT2D eigenvalue weighted by molar-refractivity contribution is 9.09. The largest absolute Gasteiger partial charge is 0.343 e. The lowest BCUT2D eigenvalue weighted by molar-refractivity contribution is -0.131. The molecule has 0 fully saturated rings. The highest BCUT2D eigenvalue weighted by atomic mass is 79.9. The lowest BCUT2D eigenvalue weighted by Gasteiger charge is -2.20. The average Bonchev–Trinajstić information content (AvgIpc) is 2.30. The first-order chi connectivity index (χ1) is 7.76. The summed E-state index contributed by atoms with van der Waals surface area (Å²) in [6.07, 6.45) is 7.89. The maximum Gasteiger partial charge on any atom is 0.222 e. The maximum absolute atomic E-state index is 11.8. The van der Waals surface area contributed by atoms with Gasteiger partial charge in [-0.1, -0.05) is 48.5 Å². The Morgan fingerprint density at radius 2 is 1.75 bits per heavy atom. The topological polar surface area (TPSA) is 20.3 Å². The monoisotopic (exact) mass is 291 g/mol. The van der Waals surface area contributed by atoms with Crippen molar-refractivity contribution in [2.24, 2.45) is 0 Å². The summed E-state index contributed by atoms with van der Waals surface area (Å²) in [6.45, 7) is 6.02. The molecule has 0 aromatic heterocycles. The summed E-state index contributed by atoms with van der Waals surface area (Å²) in [5, 5.41) is 0.979. The molecule has 0 saturated carbocycles. The molecule has 0 spiro atoms. The van der Waals surface area contributed by atoms with Gasteiger partial charge >= 0.3 is 0 Å². The van der Waals surface area contributed by atoms with Crippen molar-refractivity contribution in [3.8, 4) is 0 Å². The standard InChI is InChI=1S/C13H26BrNO/c1-3-5-6-7-8-10-13(16)15(4-2)12-9-11-14/h3-12H2,1-2H3. The number of alkyl halides is 1. The molecule has 2 nitrogen and oxygen atoms in total. The van der Waals surface area contributed by atoms with Crippen LogP contribution < -0.4 is 0 Å². The molecular formula is C13H26BrNO. The van der Waals surface area contributed by atoms with Crippen LogP contribution >= 0.6 is 15.9 Å². The molecule has 0 saturated heterocycles. The summed E-state index contributed by atoms with van der Waals surface area (Å²) < 4.78 is 0. The lowest BCUT2D eigenvalue weighted by Crippen LogP contribution is -2.31. The summed E-state index contributed by atoms with van der Waals surface area (Å²) in [5.74, 6) is 0.333. The first-order valence-electron chi connectivity index (χ1n) is 6.60. The van der Waals surface area contributed by atoms with Crippen LogP contribution in [-0.4, -0.2) is 29.2 Å². The Kier molecular flexibility index (Phi) is 11.4. The van der Waals surface area contributed by atoms with E-state index in [9.17, 15) is 4.79 Å². The fourth-order valence-electron chi connectivity index (χ4n) is 1.75. The third-order valence-electron chi connectivity index (χ3n) is 2.79. The molecule has 96 valence electrons. The molecule has 0 N–H and O–H groups in total. The molecule has 0 heterocycles. The van der Waals surface area contributed by atoms with Crippen LogP contribution in [0.2, 0.25) is 0 Å². The number of carbonyl (C=O) groups excluding carboxylic acids is 1. The Morgan fingerprint density at radius 3 is 2.31 bits per heavy atom. The van der Waals surface area contributed by atoms with Gasteiger partial charge in [-0.2, -0.15) is 0 Å². The summed E-state index contributed by atoms with van der Waals surface area (Å²) in [4.78, 5) is 13.8. The molecule has 0 aliphatic carbocycles. The van der Waals surface area contributed by atoms with Gasteiger partial charge in [0.05, 0.1) is 0 Å². The molecular weight excluding hydrogens is 266 g/mol. The minimum Gasteiger partial charge on any atom is -0.343 e. The second kappa shape index (κ2) is 11.4. The quantitative estimate of drug-likeness (QED) is 0.440. The van der Waals surface area contributed by atoms with Crippen molar-refractivity contribution >= 4 is 21.8 Å². The van der Waals surface area contributed by atoms with Crippen molar-refractivity contribution in [1.82, 2.24) is 4.90 Å². The van der Waals surface area contributed by atoms with Crippen LogP contribution in [0, 0.1) is 0 Å². The predicted molar refractivity (Wildman–Crippen MR) is 74.0 cm³/mol. The zero-order chi connectivity index (χ0) is 12.2. The van der Waals surface area contributed by atoms with Gasteiger partial charge in [-0.05, 0) is 19.8 Å². The van der Waals surface area contributed by atoms with Gasteiger partial charge in [-0.15, -0.1) is 0 Å². The molecule has 0 atom stereocenters. The molecule has 0 aromatic carbocycles. The molecule has 3 heteroatoms. The van der Waals surface area contributed by atoms with E-state index in [1.54, 1.807) is 0 Å². The highest BCUT2D eigenvalue weighted by Gasteiger charge is 2.09. The van der Waals surface area contributed by atoms with E-state index in [2.05, 4.69) is 29.8 Å². The van der Waals surface area contributed by atoms with E-state index < -0.39 is 0 Å². The van der Waals surface area contributed by atoms with Crippen LogP contribution in [0.4, 0.5) is 0 Å². The van der Waals surface area contributed by atoms with Gasteiger partial charge in [-0.3, -0.25) is 4.79 Å². The number of amides is 1. The Labute approximate surface area is 109 Å². The number of rotatable bonds is 10. The van der Waals surface area contributed by atoms with Crippen LogP contribution in [-0.2, 0) is 4.79 Å². The van der Waals surface area contributed by atoms with E-state index in [0.29, 0.717) is 5.91 Å². The molecule has 0 aliphatic rings. The lowest BCUT2D eigenvalue weighted by atomic mass is 10.1. The van der Waals surface area contributed by atoms with Crippen LogP contribution in [0.1, 0.15) is 58.8 Å². The Morgan fingerprint density at radius 1 is 1.06 bits per heavy atom. The third-order valence-corrected chi connectivity index (χ3v) is 3.35. The van der Waals surface area contributed by atoms with Crippen LogP contribution in [0.3, 0.4) is 0 Å². The van der Waals surface area contributed by atoms with E-state index in [1.165, 1.54) is 25.7 Å². The molecule has 0 aliphatic heterocycles. The van der Waals surface area contributed by atoms with Gasteiger partial charge in [0.2, 0.25) is 5.91 Å². The zero-order valence-corrected chi connectivity index (χ0v) is 12.4. The van der Waals surface area contributed by atoms with Crippen molar-refractivity contribution in [2.75, 3.05) is 18.4 Å². The summed E-state index contributed by atoms with van der Waals surface area (Å²) in [7, 11) is 0. The van der Waals surface area contributed by atoms with Crippen molar-refractivity contribution in [2.45, 2.75) is 58.8 Å². The van der Waals surface area contributed by atoms with Gasteiger partial charge < -0.3 is 4.90 Å². The molecule has 0 radical (unpaired) electrons. The Bertz CT molecular complexity index is 173. The fraction of sp³-hybridized carbons (Fsp3) is 0.923. The van der Waals surface area contributed by atoms with E-state index in [1.807, 2.05) is 4.90 Å². The minimum atomic E-state index is 0.333. The van der Waals surface area contributed by atoms with E-state index in [4.69, 9.17) is 0 Å². The number of hydrogen-bond donors (Lipinski definition) is 0. The van der Waals surface area contributed by atoms with Gasteiger partial charge in [-0.25, -0.2) is 0 Å². The smallest absolute Gasteiger partial charge is 0.222 e. The molecule has 0 bridgehead atoms. The third kappa shape index (κ3) is 8.14. The first-order valence-corrected chi connectivity index (χ1v) is 7.72. The Balaban J connectivity index is 3.58. The zero-order valence-electron chi connectivity index (χ0n) is 10.8. The van der Waals surface area contributed by atoms with Crippen molar-refractivity contribution in [3.63, 3.8) is 0 Å². The molecule has 1 amide bonds. The molecule has 0 unspecified atom stereocenters. The molecule has 0 rings (SSSR count). The van der Waals surface area contributed by atoms with E-state index in [0.717, 1.165) is 37.7 Å².